The third-order valence-corrected chi connectivity index (χ3v) is 3.95. The zero-order valence-corrected chi connectivity index (χ0v) is 13.2. The smallest absolute Gasteiger partial charge is 0.281 e. The van der Waals surface area contributed by atoms with Crippen LogP contribution in [0.2, 0.25) is 5.02 Å². The van der Waals surface area contributed by atoms with Crippen molar-refractivity contribution >= 4 is 28.6 Å². The number of halogens is 1. The molecular formula is C13H15ClN4O2S. The van der Waals surface area contributed by atoms with Crippen LogP contribution in [0.1, 0.15) is 18.9 Å². The normalized spacial score (nSPS) is 11.0. The van der Waals surface area contributed by atoms with Crippen LogP contribution >= 0.6 is 22.9 Å². The molecule has 0 aliphatic carbocycles. The molecule has 0 fully saturated rings. The molecule has 0 unspecified atom stereocenters. The second-order valence-electron chi connectivity index (χ2n) is 4.92. The number of nitrogens with zero attached hydrogens (tertiary/aromatic N) is 3. The fraction of sp³-hybridized carbons (Fsp3) is 0.385. The Hall–Kier alpha value is -1.57. The van der Waals surface area contributed by atoms with E-state index in [4.69, 9.17) is 11.6 Å². The van der Waals surface area contributed by atoms with Crippen LogP contribution in [0.15, 0.2) is 18.2 Å². The highest BCUT2D eigenvalue weighted by atomic mass is 35.5. The molecule has 0 spiro atoms. The van der Waals surface area contributed by atoms with Crippen molar-refractivity contribution in [3.8, 4) is 10.6 Å². The summed E-state index contributed by atoms with van der Waals surface area (Å²) in [6, 6.07) is 4.58. The molecule has 8 heteroatoms. The molecule has 0 bridgehead atoms. The van der Waals surface area contributed by atoms with Crippen molar-refractivity contribution in [3.63, 3.8) is 0 Å². The molecule has 0 radical (unpaired) electrons. The van der Waals surface area contributed by atoms with E-state index in [-0.39, 0.29) is 5.69 Å². The summed E-state index contributed by atoms with van der Waals surface area (Å²) < 4.78 is 0. The fourth-order valence-electron chi connectivity index (χ4n) is 1.77. The highest BCUT2D eigenvalue weighted by Crippen LogP contribution is 2.37. The lowest BCUT2D eigenvalue weighted by molar-refractivity contribution is -0.384. The highest BCUT2D eigenvalue weighted by molar-refractivity contribution is 7.14. The van der Waals surface area contributed by atoms with Gasteiger partial charge in [0.1, 0.15) is 10.6 Å². The second-order valence-corrected chi connectivity index (χ2v) is 6.39. The SMILES string of the molecule is CC(C)CNCc1nnc(-c2c(Cl)cccc2[N+](=O)[O-])s1. The minimum Gasteiger partial charge on any atom is -0.310 e. The Morgan fingerprint density at radius 1 is 1.43 bits per heavy atom. The van der Waals surface area contributed by atoms with E-state index in [0.717, 1.165) is 11.6 Å². The van der Waals surface area contributed by atoms with Crippen LogP contribution in [0.25, 0.3) is 10.6 Å². The molecule has 0 saturated heterocycles. The summed E-state index contributed by atoms with van der Waals surface area (Å²) in [5.74, 6) is 0.544. The van der Waals surface area contributed by atoms with E-state index in [0.29, 0.717) is 28.1 Å². The summed E-state index contributed by atoms with van der Waals surface area (Å²) in [5, 5.41) is 24.0. The predicted molar refractivity (Wildman–Crippen MR) is 83.6 cm³/mol. The Bertz CT molecular complexity index is 645. The lowest BCUT2D eigenvalue weighted by Crippen LogP contribution is -2.18. The van der Waals surface area contributed by atoms with Gasteiger partial charge in [-0.3, -0.25) is 10.1 Å². The molecule has 112 valence electrons. The van der Waals surface area contributed by atoms with E-state index < -0.39 is 4.92 Å². The van der Waals surface area contributed by atoms with Gasteiger partial charge in [0, 0.05) is 12.6 Å². The number of benzene rings is 1. The molecule has 2 rings (SSSR count). The summed E-state index contributed by atoms with van der Waals surface area (Å²) in [6.45, 7) is 5.70. The fourth-order valence-corrected chi connectivity index (χ4v) is 2.96. The number of hydrogen-bond acceptors (Lipinski definition) is 6. The van der Waals surface area contributed by atoms with Crippen LogP contribution in [-0.4, -0.2) is 21.7 Å². The van der Waals surface area contributed by atoms with Gasteiger partial charge in [0.05, 0.1) is 9.95 Å². The average Bonchev–Trinajstić information content (AvgIpc) is 2.86. The zero-order valence-electron chi connectivity index (χ0n) is 11.7. The van der Waals surface area contributed by atoms with Crippen LogP contribution in [0, 0.1) is 16.0 Å². The van der Waals surface area contributed by atoms with Gasteiger partial charge in [0.25, 0.3) is 5.69 Å². The van der Waals surface area contributed by atoms with E-state index >= 15 is 0 Å². The maximum absolute atomic E-state index is 11.1. The van der Waals surface area contributed by atoms with E-state index in [9.17, 15) is 10.1 Å². The number of nitro groups is 1. The zero-order chi connectivity index (χ0) is 15.4. The van der Waals surface area contributed by atoms with Crippen molar-refractivity contribution in [3.05, 3.63) is 38.3 Å². The van der Waals surface area contributed by atoms with Crippen LogP contribution in [0.3, 0.4) is 0 Å². The van der Waals surface area contributed by atoms with Crippen molar-refractivity contribution in [2.75, 3.05) is 6.54 Å². The summed E-state index contributed by atoms with van der Waals surface area (Å²) in [7, 11) is 0. The molecule has 0 saturated carbocycles. The predicted octanol–water partition coefficient (Wildman–Crippen LogP) is 3.51. The summed E-state index contributed by atoms with van der Waals surface area (Å²) in [4.78, 5) is 10.6. The van der Waals surface area contributed by atoms with E-state index in [1.807, 2.05) is 0 Å². The standard InChI is InChI=1S/C13H15ClN4O2S/c1-8(2)6-15-7-11-16-17-13(21-11)12-9(14)4-3-5-10(12)18(19)20/h3-5,8,15H,6-7H2,1-2H3. The van der Waals surface area contributed by atoms with Gasteiger partial charge < -0.3 is 5.32 Å². The number of nitrogens with one attached hydrogen (secondary N) is 1. The number of hydrogen-bond donors (Lipinski definition) is 1. The van der Waals surface area contributed by atoms with Gasteiger partial charge in [0.2, 0.25) is 0 Å². The lowest BCUT2D eigenvalue weighted by atomic mass is 10.2. The Kier molecular flexibility index (Phi) is 5.22. The summed E-state index contributed by atoms with van der Waals surface area (Å²) in [5.41, 5.74) is 0.275. The van der Waals surface area contributed by atoms with E-state index in [2.05, 4.69) is 29.4 Å². The van der Waals surface area contributed by atoms with E-state index in [1.54, 1.807) is 12.1 Å². The average molecular weight is 327 g/mol. The molecule has 1 aromatic heterocycles. The Labute approximate surface area is 131 Å². The van der Waals surface area contributed by atoms with Gasteiger partial charge in [-0.25, -0.2) is 0 Å². The molecule has 1 heterocycles. The van der Waals surface area contributed by atoms with Gasteiger partial charge in [-0.05, 0) is 18.5 Å². The third-order valence-electron chi connectivity index (χ3n) is 2.70. The molecule has 1 aromatic carbocycles. The largest absolute Gasteiger partial charge is 0.310 e. The van der Waals surface area contributed by atoms with Gasteiger partial charge in [-0.2, -0.15) is 0 Å². The molecule has 0 amide bonds. The quantitative estimate of drug-likeness (QED) is 0.649. The van der Waals surface area contributed by atoms with Crippen molar-refractivity contribution in [1.82, 2.24) is 15.5 Å². The van der Waals surface area contributed by atoms with Crippen LogP contribution in [0.4, 0.5) is 5.69 Å². The van der Waals surface area contributed by atoms with Crippen molar-refractivity contribution in [2.24, 2.45) is 5.92 Å². The summed E-state index contributed by atoms with van der Waals surface area (Å²) in [6.07, 6.45) is 0. The third kappa shape index (κ3) is 3.96. The minimum atomic E-state index is -0.459. The first kappa shape index (κ1) is 15.8. The monoisotopic (exact) mass is 326 g/mol. The molecular weight excluding hydrogens is 312 g/mol. The minimum absolute atomic E-state index is 0.0552. The van der Waals surface area contributed by atoms with Crippen LogP contribution in [0.5, 0.6) is 0 Å². The highest BCUT2D eigenvalue weighted by Gasteiger charge is 2.21. The van der Waals surface area contributed by atoms with Crippen molar-refractivity contribution in [1.29, 1.82) is 0 Å². The molecule has 0 aliphatic rings. The Balaban J connectivity index is 2.24. The number of aromatic nitrogens is 2. The Morgan fingerprint density at radius 2 is 2.19 bits per heavy atom. The molecule has 21 heavy (non-hydrogen) atoms. The van der Waals surface area contributed by atoms with Crippen LogP contribution in [-0.2, 0) is 6.54 Å². The first-order valence-electron chi connectivity index (χ1n) is 6.45. The van der Waals surface area contributed by atoms with Crippen molar-refractivity contribution in [2.45, 2.75) is 20.4 Å². The first-order valence-corrected chi connectivity index (χ1v) is 7.65. The van der Waals surface area contributed by atoms with Gasteiger partial charge in [-0.15, -0.1) is 10.2 Å². The maximum atomic E-state index is 11.1. The second kappa shape index (κ2) is 6.93. The van der Waals surface area contributed by atoms with Crippen molar-refractivity contribution < 1.29 is 4.92 Å². The number of nitro benzene ring substituents is 1. The molecule has 0 aliphatic heterocycles. The number of rotatable bonds is 6. The lowest BCUT2D eigenvalue weighted by Gasteiger charge is -2.04. The first-order chi connectivity index (χ1) is 9.99. The summed E-state index contributed by atoms with van der Waals surface area (Å²) >= 11 is 7.39. The molecule has 1 N–H and O–H groups in total. The Morgan fingerprint density at radius 3 is 2.86 bits per heavy atom. The van der Waals surface area contributed by atoms with Gasteiger partial charge >= 0.3 is 0 Å². The topological polar surface area (TPSA) is 81.0 Å². The van der Waals surface area contributed by atoms with Gasteiger partial charge in [-0.1, -0.05) is 42.9 Å². The molecule has 2 aromatic rings. The maximum Gasteiger partial charge on any atom is 0.281 e. The molecule has 0 atom stereocenters. The molecule has 6 nitrogen and oxygen atoms in total. The van der Waals surface area contributed by atoms with Crippen LogP contribution < -0.4 is 5.32 Å². The van der Waals surface area contributed by atoms with Gasteiger partial charge in [0.15, 0.2) is 5.01 Å². The van der Waals surface area contributed by atoms with E-state index in [1.165, 1.54) is 17.4 Å².